The third kappa shape index (κ3) is 2.94. The molecule has 1 aliphatic rings. The third-order valence-corrected chi connectivity index (χ3v) is 2.81. The molecule has 1 heterocycles. The van der Waals surface area contributed by atoms with Gasteiger partial charge in [-0.25, -0.2) is 4.79 Å². The molecular formula is C14H17NO2. The molecule has 17 heavy (non-hydrogen) atoms. The minimum Gasteiger partial charge on any atom is -0.463 e. The van der Waals surface area contributed by atoms with Crippen molar-refractivity contribution in [2.75, 3.05) is 13.7 Å². The molecule has 0 N–H and O–H groups in total. The fraction of sp³-hybridized carbons (Fsp3) is 0.357. The molecule has 1 aromatic carbocycles. The van der Waals surface area contributed by atoms with E-state index in [-0.39, 0.29) is 5.97 Å². The Morgan fingerprint density at radius 2 is 2.18 bits per heavy atom. The highest BCUT2D eigenvalue weighted by molar-refractivity contribution is 5.87. The SMILES string of the molecule is CCOC(=O)/C=C/c1ccc2c(c1)CN(C)C2. The number of hydrogen-bond donors (Lipinski definition) is 0. The molecule has 0 aliphatic carbocycles. The molecule has 90 valence electrons. The zero-order valence-electron chi connectivity index (χ0n) is 10.3. The first kappa shape index (κ1) is 11.9. The summed E-state index contributed by atoms with van der Waals surface area (Å²) in [6.07, 6.45) is 3.28. The fourth-order valence-corrected chi connectivity index (χ4v) is 2.04. The maximum Gasteiger partial charge on any atom is 0.330 e. The van der Waals surface area contributed by atoms with Gasteiger partial charge < -0.3 is 4.74 Å². The second kappa shape index (κ2) is 5.15. The number of esters is 1. The minimum absolute atomic E-state index is 0.287. The van der Waals surface area contributed by atoms with Crippen molar-refractivity contribution in [2.45, 2.75) is 20.0 Å². The van der Waals surface area contributed by atoms with Crippen LogP contribution in [0.1, 0.15) is 23.6 Å². The van der Waals surface area contributed by atoms with Crippen LogP contribution in [0.3, 0.4) is 0 Å². The van der Waals surface area contributed by atoms with Gasteiger partial charge >= 0.3 is 5.97 Å². The van der Waals surface area contributed by atoms with Gasteiger partial charge in [0.25, 0.3) is 0 Å². The highest BCUT2D eigenvalue weighted by atomic mass is 16.5. The lowest BCUT2D eigenvalue weighted by Crippen LogP contribution is -2.07. The fourth-order valence-electron chi connectivity index (χ4n) is 2.04. The zero-order valence-corrected chi connectivity index (χ0v) is 10.3. The van der Waals surface area contributed by atoms with Crippen molar-refractivity contribution >= 4 is 12.0 Å². The molecule has 0 atom stereocenters. The van der Waals surface area contributed by atoms with E-state index in [0.29, 0.717) is 6.61 Å². The van der Waals surface area contributed by atoms with Crippen molar-refractivity contribution in [3.63, 3.8) is 0 Å². The van der Waals surface area contributed by atoms with Gasteiger partial charge in [0.2, 0.25) is 0 Å². The molecule has 0 bridgehead atoms. The van der Waals surface area contributed by atoms with Gasteiger partial charge in [0, 0.05) is 19.2 Å². The van der Waals surface area contributed by atoms with Crippen LogP contribution in [0.15, 0.2) is 24.3 Å². The van der Waals surface area contributed by atoms with Gasteiger partial charge in [0.05, 0.1) is 6.61 Å². The van der Waals surface area contributed by atoms with Crippen LogP contribution < -0.4 is 0 Å². The molecule has 3 heteroatoms. The first-order valence-corrected chi connectivity index (χ1v) is 5.84. The average molecular weight is 231 g/mol. The van der Waals surface area contributed by atoms with E-state index in [4.69, 9.17) is 4.74 Å². The van der Waals surface area contributed by atoms with Crippen molar-refractivity contribution in [1.82, 2.24) is 4.90 Å². The first-order valence-electron chi connectivity index (χ1n) is 5.84. The Labute approximate surface area is 102 Å². The van der Waals surface area contributed by atoms with Gasteiger partial charge in [-0.05, 0) is 36.7 Å². The minimum atomic E-state index is -0.287. The predicted molar refractivity (Wildman–Crippen MR) is 67.3 cm³/mol. The van der Waals surface area contributed by atoms with Gasteiger partial charge in [-0.3, -0.25) is 4.90 Å². The van der Waals surface area contributed by atoms with E-state index in [9.17, 15) is 4.79 Å². The van der Waals surface area contributed by atoms with Gasteiger partial charge in [0.1, 0.15) is 0 Å². The molecule has 2 rings (SSSR count). The van der Waals surface area contributed by atoms with Crippen molar-refractivity contribution in [3.05, 3.63) is 41.0 Å². The highest BCUT2D eigenvalue weighted by Crippen LogP contribution is 2.22. The molecular weight excluding hydrogens is 214 g/mol. The molecule has 0 unspecified atom stereocenters. The van der Waals surface area contributed by atoms with E-state index in [1.807, 2.05) is 6.07 Å². The van der Waals surface area contributed by atoms with E-state index in [1.54, 1.807) is 13.0 Å². The van der Waals surface area contributed by atoms with Crippen molar-refractivity contribution in [1.29, 1.82) is 0 Å². The number of rotatable bonds is 3. The number of carbonyl (C=O) groups excluding carboxylic acids is 1. The molecule has 1 aliphatic heterocycles. The maximum absolute atomic E-state index is 11.2. The standard InChI is InChI=1S/C14H17NO2/c1-3-17-14(16)7-5-11-4-6-12-9-15(2)10-13(12)8-11/h4-8H,3,9-10H2,1-2H3/b7-5+. The number of carbonyl (C=O) groups is 1. The van der Waals surface area contributed by atoms with E-state index < -0.39 is 0 Å². The maximum atomic E-state index is 11.2. The Hall–Kier alpha value is -1.61. The smallest absolute Gasteiger partial charge is 0.330 e. The monoisotopic (exact) mass is 231 g/mol. The summed E-state index contributed by atoms with van der Waals surface area (Å²) in [5.41, 5.74) is 3.77. The Bertz CT molecular complexity index is 452. The topological polar surface area (TPSA) is 29.5 Å². The number of ether oxygens (including phenoxy) is 1. The number of hydrogen-bond acceptors (Lipinski definition) is 3. The number of fused-ring (bicyclic) bond motifs is 1. The average Bonchev–Trinajstić information content (AvgIpc) is 2.66. The molecule has 0 amide bonds. The lowest BCUT2D eigenvalue weighted by Gasteiger charge is -2.02. The largest absolute Gasteiger partial charge is 0.463 e. The van der Waals surface area contributed by atoms with Crippen molar-refractivity contribution in [2.24, 2.45) is 0 Å². The summed E-state index contributed by atoms with van der Waals surface area (Å²) in [4.78, 5) is 13.5. The third-order valence-electron chi connectivity index (χ3n) is 2.81. The first-order chi connectivity index (χ1) is 8.19. The van der Waals surface area contributed by atoms with Gasteiger partial charge in [-0.1, -0.05) is 18.2 Å². The van der Waals surface area contributed by atoms with Crippen molar-refractivity contribution < 1.29 is 9.53 Å². The summed E-state index contributed by atoms with van der Waals surface area (Å²) in [5, 5.41) is 0. The van der Waals surface area contributed by atoms with Crippen LogP contribution in [-0.2, 0) is 22.6 Å². The summed E-state index contributed by atoms with van der Waals surface area (Å²) in [6, 6.07) is 6.30. The van der Waals surface area contributed by atoms with Crippen molar-refractivity contribution in [3.8, 4) is 0 Å². The van der Waals surface area contributed by atoms with Crippen LogP contribution in [0.25, 0.3) is 6.08 Å². The predicted octanol–water partition coefficient (Wildman–Crippen LogP) is 2.21. The van der Waals surface area contributed by atoms with Gasteiger partial charge in [-0.2, -0.15) is 0 Å². The Morgan fingerprint density at radius 3 is 2.94 bits per heavy atom. The molecule has 0 saturated heterocycles. The van der Waals surface area contributed by atoms with Gasteiger partial charge in [0.15, 0.2) is 0 Å². The molecule has 0 aromatic heterocycles. The number of benzene rings is 1. The van der Waals surface area contributed by atoms with Crippen LogP contribution in [0.2, 0.25) is 0 Å². The van der Waals surface area contributed by atoms with Crippen LogP contribution in [0.5, 0.6) is 0 Å². The molecule has 0 saturated carbocycles. The molecule has 3 nitrogen and oxygen atoms in total. The lowest BCUT2D eigenvalue weighted by molar-refractivity contribution is -0.137. The zero-order chi connectivity index (χ0) is 12.3. The normalized spacial score (nSPS) is 15.2. The molecule has 1 aromatic rings. The quantitative estimate of drug-likeness (QED) is 0.590. The van der Waals surface area contributed by atoms with E-state index in [0.717, 1.165) is 18.7 Å². The lowest BCUT2D eigenvalue weighted by atomic mass is 10.1. The van der Waals surface area contributed by atoms with Crippen LogP contribution in [-0.4, -0.2) is 24.5 Å². The van der Waals surface area contributed by atoms with E-state index in [1.165, 1.54) is 17.2 Å². The summed E-state index contributed by atoms with van der Waals surface area (Å²) < 4.78 is 4.84. The molecule has 0 fully saturated rings. The van der Waals surface area contributed by atoms with E-state index in [2.05, 4.69) is 24.1 Å². The second-order valence-corrected chi connectivity index (χ2v) is 4.29. The van der Waals surface area contributed by atoms with Crippen LogP contribution in [0.4, 0.5) is 0 Å². The van der Waals surface area contributed by atoms with E-state index >= 15 is 0 Å². The van der Waals surface area contributed by atoms with Gasteiger partial charge in [-0.15, -0.1) is 0 Å². The highest BCUT2D eigenvalue weighted by Gasteiger charge is 2.14. The Morgan fingerprint density at radius 1 is 1.41 bits per heavy atom. The summed E-state index contributed by atoms with van der Waals surface area (Å²) >= 11 is 0. The molecule has 0 spiro atoms. The molecule has 0 radical (unpaired) electrons. The second-order valence-electron chi connectivity index (χ2n) is 4.29. The van der Waals surface area contributed by atoms with Crippen LogP contribution in [0, 0.1) is 0 Å². The summed E-state index contributed by atoms with van der Waals surface area (Å²) in [5.74, 6) is -0.287. The Balaban J connectivity index is 2.09. The summed E-state index contributed by atoms with van der Waals surface area (Å²) in [7, 11) is 2.11. The van der Waals surface area contributed by atoms with Crippen LogP contribution >= 0.6 is 0 Å². The number of nitrogens with zero attached hydrogens (tertiary/aromatic N) is 1. The summed E-state index contributed by atoms with van der Waals surface area (Å²) in [6.45, 7) is 4.21. The Kier molecular flexibility index (Phi) is 3.59.